The number of carbonyl (C=O) groups excluding carboxylic acids is 1. The molecule has 0 spiro atoms. The average Bonchev–Trinajstić information content (AvgIpc) is 3.05. The van der Waals surface area contributed by atoms with Gasteiger partial charge in [-0.3, -0.25) is 9.78 Å². The van der Waals surface area contributed by atoms with Crippen molar-refractivity contribution in [1.82, 2.24) is 25.2 Å². The molecule has 4 heterocycles. The van der Waals surface area contributed by atoms with E-state index in [0.29, 0.717) is 11.5 Å². The van der Waals surface area contributed by atoms with E-state index < -0.39 is 5.67 Å². The summed E-state index contributed by atoms with van der Waals surface area (Å²) in [6.07, 6.45) is 1.73. The molecule has 0 atom stereocenters. The third-order valence-electron chi connectivity index (χ3n) is 4.72. The maximum absolute atomic E-state index is 13.6. The van der Waals surface area contributed by atoms with Gasteiger partial charge >= 0.3 is 0 Å². The highest BCUT2D eigenvalue weighted by Gasteiger charge is 2.42. The van der Waals surface area contributed by atoms with Gasteiger partial charge in [0.2, 0.25) is 5.88 Å². The highest BCUT2D eigenvalue weighted by Crippen LogP contribution is 2.27. The van der Waals surface area contributed by atoms with Crippen molar-refractivity contribution >= 4 is 5.91 Å². The summed E-state index contributed by atoms with van der Waals surface area (Å²) in [5.41, 5.74) is 1.99. The number of aromatic nitrogens is 4. The summed E-state index contributed by atoms with van der Waals surface area (Å²) in [5.74, 6) is 0.546. The summed E-state index contributed by atoms with van der Waals surface area (Å²) in [7, 11) is 0. The first-order chi connectivity index (χ1) is 13.8. The Bertz CT molecular complexity index is 1020. The van der Waals surface area contributed by atoms with Crippen LogP contribution in [0.1, 0.15) is 34.4 Å². The van der Waals surface area contributed by atoms with Crippen molar-refractivity contribution in [3.05, 3.63) is 53.2 Å². The molecule has 29 heavy (non-hydrogen) atoms. The van der Waals surface area contributed by atoms with Crippen LogP contribution in [0.15, 0.2) is 35.0 Å². The van der Waals surface area contributed by atoms with E-state index in [9.17, 15) is 9.18 Å². The van der Waals surface area contributed by atoms with Crippen molar-refractivity contribution < 1.29 is 18.4 Å². The Labute approximate surface area is 166 Å². The first-order valence-corrected chi connectivity index (χ1v) is 9.15. The fraction of sp³-hybridized carbons (Fsp3) is 0.350. The zero-order chi connectivity index (χ0) is 20.6. The van der Waals surface area contributed by atoms with Crippen molar-refractivity contribution in [2.45, 2.75) is 33.0 Å². The molecule has 0 radical (unpaired) electrons. The second-order valence-corrected chi connectivity index (χ2v) is 7.37. The Kier molecular flexibility index (Phi) is 4.73. The van der Waals surface area contributed by atoms with Gasteiger partial charge in [0.05, 0.1) is 18.7 Å². The number of pyridine rings is 1. The van der Waals surface area contributed by atoms with Crippen molar-refractivity contribution in [3.63, 3.8) is 0 Å². The number of halogens is 1. The summed E-state index contributed by atoms with van der Waals surface area (Å²) in [5, 5.41) is 11.9. The van der Waals surface area contributed by atoms with E-state index >= 15 is 0 Å². The smallest absolute Gasteiger partial charge is 0.274 e. The molecule has 1 saturated heterocycles. The van der Waals surface area contributed by atoms with Crippen LogP contribution in [-0.4, -0.2) is 49.9 Å². The number of alkyl halides is 1. The Balaban J connectivity index is 1.43. The molecule has 3 aromatic rings. The fourth-order valence-electron chi connectivity index (χ4n) is 3.11. The van der Waals surface area contributed by atoms with Gasteiger partial charge in [0.15, 0.2) is 5.69 Å². The lowest BCUT2D eigenvalue weighted by Gasteiger charge is -2.41. The average molecular weight is 397 g/mol. The lowest BCUT2D eigenvalue weighted by molar-refractivity contribution is -0.00831. The molecule has 0 aliphatic carbocycles. The van der Waals surface area contributed by atoms with E-state index in [-0.39, 0.29) is 37.2 Å². The maximum Gasteiger partial charge on any atom is 0.274 e. The van der Waals surface area contributed by atoms with Gasteiger partial charge in [-0.25, -0.2) is 4.39 Å². The van der Waals surface area contributed by atoms with Crippen molar-refractivity contribution in [3.8, 4) is 17.1 Å². The Morgan fingerprint density at radius 1 is 1.24 bits per heavy atom. The van der Waals surface area contributed by atoms with E-state index in [4.69, 9.17) is 9.26 Å². The first kappa shape index (κ1) is 19.0. The van der Waals surface area contributed by atoms with Gasteiger partial charge in [0.1, 0.15) is 23.7 Å². The number of carbonyl (C=O) groups is 1. The number of ether oxygens (including phenoxy) is 1. The molecule has 1 aliphatic rings. The van der Waals surface area contributed by atoms with Crippen LogP contribution in [0.2, 0.25) is 0 Å². The summed E-state index contributed by atoms with van der Waals surface area (Å²) in [6, 6.07) is 6.89. The van der Waals surface area contributed by atoms with Crippen LogP contribution < -0.4 is 4.74 Å². The lowest BCUT2D eigenvalue weighted by Crippen LogP contribution is -2.59. The van der Waals surface area contributed by atoms with E-state index in [0.717, 1.165) is 16.8 Å². The highest BCUT2D eigenvalue weighted by atomic mass is 19.1. The molecule has 0 bridgehead atoms. The Morgan fingerprint density at radius 2 is 2.03 bits per heavy atom. The first-order valence-electron chi connectivity index (χ1n) is 9.15. The minimum Gasteiger partial charge on any atom is -0.472 e. The Morgan fingerprint density at radius 3 is 2.66 bits per heavy atom. The van der Waals surface area contributed by atoms with Crippen LogP contribution in [0, 0.1) is 13.8 Å². The van der Waals surface area contributed by atoms with Crippen LogP contribution in [0.4, 0.5) is 4.39 Å². The van der Waals surface area contributed by atoms with Crippen molar-refractivity contribution in [2.24, 2.45) is 0 Å². The highest BCUT2D eigenvalue weighted by molar-refractivity contribution is 5.92. The zero-order valence-corrected chi connectivity index (χ0v) is 16.3. The number of nitrogens with zero attached hydrogens (tertiary/aromatic N) is 5. The van der Waals surface area contributed by atoms with Gasteiger partial charge in [-0.2, -0.15) is 0 Å². The normalized spacial score (nSPS) is 15.1. The lowest BCUT2D eigenvalue weighted by atomic mass is 9.99. The topological polar surface area (TPSA) is 94.2 Å². The predicted molar refractivity (Wildman–Crippen MR) is 101 cm³/mol. The van der Waals surface area contributed by atoms with Gasteiger partial charge in [-0.05, 0) is 39.0 Å². The fourth-order valence-corrected chi connectivity index (χ4v) is 3.11. The summed E-state index contributed by atoms with van der Waals surface area (Å²) in [6.45, 7) is 5.48. The monoisotopic (exact) mass is 397 g/mol. The summed E-state index contributed by atoms with van der Waals surface area (Å²) in [4.78, 5) is 17.9. The van der Waals surface area contributed by atoms with Gasteiger partial charge in [-0.15, -0.1) is 10.2 Å². The second-order valence-electron chi connectivity index (χ2n) is 7.37. The van der Waals surface area contributed by atoms with E-state index in [2.05, 4.69) is 20.3 Å². The molecular weight excluding hydrogens is 377 g/mol. The Hall–Kier alpha value is -3.36. The molecule has 1 aliphatic heterocycles. The molecule has 1 amide bonds. The molecule has 9 heteroatoms. The molecule has 0 N–H and O–H groups in total. The maximum atomic E-state index is 13.6. The van der Waals surface area contributed by atoms with Crippen LogP contribution in [0.3, 0.4) is 0 Å². The van der Waals surface area contributed by atoms with Crippen LogP contribution in [-0.2, 0) is 6.61 Å². The third kappa shape index (κ3) is 3.94. The molecule has 4 rings (SSSR count). The van der Waals surface area contributed by atoms with E-state index in [1.165, 1.54) is 17.9 Å². The number of hydrogen-bond acceptors (Lipinski definition) is 7. The van der Waals surface area contributed by atoms with Crippen LogP contribution in [0.25, 0.3) is 11.3 Å². The molecule has 8 nitrogen and oxygen atoms in total. The standard InChI is InChI=1S/C20H20FN5O3/c1-12-4-5-14(8-22-12)18-15(13(2)29-25-18)9-28-17-7-6-16(23-24-17)19(27)26-10-20(3,21)11-26/h4-8H,9-11H2,1-3H3. The SMILES string of the molecule is Cc1ccc(-c2noc(C)c2COc2ccc(C(=O)N3CC(C)(F)C3)nn2)cn1. The molecule has 1 fully saturated rings. The quantitative estimate of drug-likeness (QED) is 0.653. The van der Waals surface area contributed by atoms with E-state index in [1.54, 1.807) is 19.2 Å². The number of hydrogen-bond donors (Lipinski definition) is 0. The molecular formula is C20H20FN5O3. The summed E-state index contributed by atoms with van der Waals surface area (Å²) < 4.78 is 24.6. The van der Waals surface area contributed by atoms with Crippen molar-refractivity contribution in [1.29, 1.82) is 0 Å². The number of aryl methyl sites for hydroxylation is 2. The van der Waals surface area contributed by atoms with Gasteiger partial charge < -0.3 is 14.2 Å². The molecule has 3 aromatic heterocycles. The van der Waals surface area contributed by atoms with Gasteiger partial charge in [0, 0.05) is 23.5 Å². The minimum absolute atomic E-state index is 0.0647. The van der Waals surface area contributed by atoms with Gasteiger partial charge in [0.25, 0.3) is 5.91 Å². The van der Waals surface area contributed by atoms with E-state index in [1.807, 2.05) is 19.1 Å². The molecule has 0 unspecified atom stereocenters. The number of rotatable bonds is 5. The van der Waals surface area contributed by atoms with Gasteiger partial charge in [-0.1, -0.05) is 5.16 Å². The van der Waals surface area contributed by atoms with Crippen LogP contribution in [0.5, 0.6) is 5.88 Å². The summed E-state index contributed by atoms with van der Waals surface area (Å²) >= 11 is 0. The largest absolute Gasteiger partial charge is 0.472 e. The second kappa shape index (κ2) is 7.23. The molecule has 0 aromatic carbocycles. The molecule has 150 valence electrons. The molecule has 0 saturated carbocycles. The third-order valence-corrected chi connectivity index (χ3v) is 4.72. The van der Waals surface area contributed by atoms with Crippen LogP contribution >= 0.6 is 0 Å². The number of amides is 1. The van der Waals surface area contributed by atoms with Crippen molar-refractivity contribution in [2.75, 3.05) is 13.1 Å². The zero-order valence-electron chi connectivity index (χ0n) is 16.3. The minimum atomic E-state index is -1.33. The predicted octanol–water partition coefficient (Wildman–Crippen LogP) is 2.91. The number of likely N-dealkylation sites (tertiary alicyclic amines) is 1.